The Hall–Kier alpha value is -1.94. The zero-order valence-corrected chi connectivity index (χ0v) is 9.63. The van der Waals surface area contributed by atoms with Gasteiger partial charge in [-0.05, 0) is 36.4 Å². The summed E-state index contributed by atoms with van der Waals surface area (Å²) in [5, 5.41) is 3.32. The van der Waals surface area contributed by atoms with Gasteiger partial charge in [-0.2, -0.15) is 0 Å². The first-order valence-corrected chi connectivity index (χ1v) is 5.30. The molecule has 0 aromatic heterocycles. The zero-order chi connectivity index (χ0) is 12.4. The maximum absolute atomic E-state index is 13.1. The lowest BCUT2D eigenvalue weighted by atomic mass is 10.2. The van der Waals surface area contributed by atoms with Gasteiger partial charge in [-0.25, -0.2) is 4.39 Å². The predicted octanol–water partition coefficient (Wildman–Crippen LogP) is 3.39. The third kappa shape index (κ3) is 2.79. The number of hydrogen-bond donors (Lipinski definition) is 3. The molecule has 2 aromatic rings. The second-order valence-corrected chi connectivity index (χ2v) is 4.06. The van der Waals surface area contributed by atoms with Gasteiger partial charge in [-0.3, -0.25) is 0 Å². The van der Waals surface area contributed by atoms with E-state index in [1.54, 1.807) is 24.3 Å². The number of rotatable bonds is 2. The van der Waals surface area contributed by atoms with E-state index in [2.05, 4.69) is 5.32 Å². The Balaban J connectivity index is 2.28. The van der Waals surface area contributed by atoms with Gasteiger partial charge in [-0.15, -0.1) is 0 Å². The molecule has 0 aliphatic carbocycles. The van der Waals surface area contributed by atoms with Gasteiger partial charge in [0, 0.05) is 16.4 Å². The van der Waals surface area contributed by atoms with Crippen LogP contribution in [0.5, 0.6) is 0 Å². The van der Waals surface area contributed by atoms with Crippen molar-refractivity contribution >= 4 is 34.4 Å². The molecule has 5 heteroatoms. The van der Waals surface area contributed by atoms with Crippen LogP contribution >= 0.6 is 11.6 Å². The quantitative estimate of drug-likeness (QED) is 0.717. The predicted molar refractivity (Wildman–Crippen MR) is 70.0 cm³/mol. The fourth-order valence-corrected chi connectivity index (χ4v) is 1.67. The topological polar surface area (TPSA) is 64.1 Å². The second kappa shape index (κ2) is 4.51. The van der Waals surface area contributed by atoms with Crippen molar-refractivity contribution in [1.82, 2.24) is 0 Å². The van der Waals surface area contributed by atoms with E-state index in [1.165, 1.54) is 12.1 Å². The molecular weight excluding hydrogens is 241 g/mol. The highest BCUT2D eigenvalue weighted by atomic mass is 35.5. The van der Waals surface area contributed by atoms with E-state index in [0.29, 0.717) is 22.1 Å². The molecule has 0 unspecified atom stereocenters. The van der Waals surface area contributed by atoms with Crippen molar-refractivity contribution in [3.05, 3.63) is 47.2 Å². The van der Waals surface area contributed by atoms with Crippen LogP contribution in [0.15, 0.2) is 36.4 Å². The molecule has 88 valence electrons. The summed E-state index contributed by atoms with van der Waals surface area (Å²) in [7, 11) is 0. The molecule has 0 saturated heterocycles. The van der Waals surface area contributed by atoms with Crippen molar-refractivity contribution in [3.8, 4) is 0 Å². The molecule has 0 aliphatic heterocycles. The minimum Gasteiger partial charge on any atom is -0.397 e. The third-order valence-corrected chi connectivity index (χ3v) is 2.46. The Morgan fingerprint density at radius 3 is 2.35 bits per heavy atom. The van der Waals surface area contributed by atoms with Crippen LogP contribution in [0.3, 0.4) is 0 Å². The first-order valence-electron chi connectivity index (χ1n) is 4.93. The Bertz CT molecular complexity index is 537. The van der Waals surface area contributed by atoms with Gasteiger partial charge in [0.1, 0.15) is 5.82 Å². The van der Waals surface area contributed by atoms with Gasteiger partial charge in [0.05, 0.1) is 11.4 Å². The van der Waals surface area contributed by atoms with Crippen LogP contribution in [0.25, 0.3) is 0 Å². The third-order valence-electron chi connectivity index (χ3n) is 2.24. The highest BCUT2D eigenvalue weighted by Crippen LogP contribution is 2.25. The number of nitrogens with one attached hydrogen (secondary N) is 1. The Morgan fingerprint density at radius 2 is 1.71 bits per heavy atom. The standard InChI is InChI=1S/C12H11ClFN3/c13-7-3-8(14)5-10(4-7)17-9-1-2-11(15)12(16)6-9/h1-6,17H,15-16H2. The van der Waals surface area contributed by atoms with Gasteiger partial charge in [0.25, 0.3) is 0 Å². The summed E-state index contributed by atoms with van der Waals surface area (Å²) < 4.78 is 13.1. The first kappa shape index (κ1) is 11.5. The molecule has 17 heavy (non-hydrogen) atoms. The van der Waals surface area contributed by atoms with Gasteiger partial charge in [-0.1, -0.05) is 11.6 Å². The summed E-state index contributed by atoms with van der Waals surface area (Å²) in [5.74, 6) is -0.400. The number of nitrogens with two attached hydrogens (primary N) is 2. The summed E-state index contributed by atoms with van der Waals surface area (Å²) in [5.41, 5.74) is 13.5. The molecule has 0 spiro atoms. The number of hydrogen-bond acceptors (Lipinski definition) is 3. The molecule has 0 saturated carbocycles. The zero-order valence-electron chi connectivity index (χ0n) is 8.87. The second-order valence-electron chi connectivity index (χ2n) is 3.63. The first-order chi connectivity index (χ1) is 8.04. The van der Waals surface area contributed by atoms with E-state index in [4.69, 9.17) is 23.1 Å². The molecule has 0 bridgehead atoms. The van der Waals surface area contributed by atoms with Crippen LogP contribution < -0.4 is 16.8 Å². The largest absolute Gasteiger partial charge is 0.397 e. The minimum absolute atomic E-state index is 0.330. The number of nitrogen functional groups attached to an aromatic ring is 2. The maximum Gasteiger partial charge on any atom is 0.126 e. The number of halogens is 2. The SMILES string of the molecule is Nc1ccc(Nc2cc(F)cc(Cl)c2)cc1N. The van der Waals surface area contributed by atoms with Crippen molar-refractivity contribution in [2.24, 2.45) is 0 Å². The summed E-state index contributed by atoms with van der Waals surface area (Å²) in [6.07, 6.45) is 0. The van der Waals surface area contributed by atoms with Gasteiger partial charge < -0.3 is 16.8 Å². The average molecular weight is 252 g/mol. The Labute approximate surface area is 103 Å². The molecule has 0 atom stereocenters. The summed E-state index contributed by atoms with van der Waals surface area (Å²) in [6.45, 7) is 0. The van der Waals surface area contributed by atoms with Crippen molar-refractivity contribution in [2.45, 2.75) is 0 Å². The summed E-state index contributed by atoms with van der Waals surface area (Å²) in [4.78, 5) is 0. The van der Waals surface area contributed by atoms with Gasteiger partial charge in [0.15, 0.2) is 0 Å². The summed E-state index contributed by atoms with van der Waals surface area (Å²) in [6, 6.07) is 9.32. The monoisotopic (exact) mass is 251 g/mol. The number of benzene rings is 2. The van der Waals surface area contributed by atoms with E-state index in [-0.39, 0.29) is 0 Å². The fraction of sp³-hybridized carbons (Fsp3) is 0. The van der Waals surface area contributed by atoms with E-state index in [1.807, 2.05) is 0 Å². The van der Waals surface area contributed by atoms with E-state index in [0.717, 1.165) is 5.69 Å². The molecule has 2 rings (SSSR count). The highest BCUT2D eigenvalue weighted by Gasteiger charge is 2.01. The molecule has 0 amide bonds. The Morgan fingerprint density at radius 1 is 0.941 bits per heavy atom. The van der Waals surface area contributed by atoms with Crippen molar-refractivity contribution in [1.29, 1.82) is 0 Å². The lowest BCUT2D eigenvalue weighted by molar-refractivity contribution is 0.628. The fourth-order valence-electron chi connectivity index (χ4n) is 1.45. The van der Waals surface area contributed by atoms with Crippen LogP contribution in [-0.4, -0.2) is 0 Å². The van der Waals surface area contributed by atoms with Crippen LogP contribution in [0, 0.1) is 5.82 Å². The van der Waals surface area contributed by atoms with E-state index in [9.17, 15) is 4.39 Å². The average Bonchev–Trinajstić information content (AvgIpc) is 2.22. The molecule has 0 heterocycles. The smallest absolute Gasteiger partial charge is 0.126 e. The van der Waals surface area contributed by atoms with E-state index < -0.39 is 5.82 Å². The molecular formula is C12H11ClFN3. The Kier molecular flexibility index (Phi) is 3.06. The normalized spacial score (nSPS) is 10.2. The lowest BCUT2D eigenvalue weighted by Gasteiger charge is -2.09. The van der Waals surface area contributed by atoms with Crippen LogP contribution in [0.4, 0.5) is 27.1 Å². The van der Waals surface area contributed by atoms with Crippen LogP contribution in [0.1, 0.15) is 0 Å². The molecule has 5 N–H and O–H groups in total. The molecule has 3 nitrogen and oxygen atoms in total. The molecule has 0 aliphatic rings. The van der Waals surface area contributed by atoms with Crippen LogP contribution in [-0.2, 0) is 0 Å². The van der Waals surface area contributed by atoms with Crippen LogP contribution in [0.2, 0.25) is 5.02 Å². The maximum atomic E-state index is 13.1. The number of anilines is 4. The van der Waals surface area contributed by atoms with Crippen molar-refractivity contribution in [3.63, 3.8) is 0 Å². The van der Waals surface area contributed by atoms with Crippen molar-refractivity contribution < 1.29 is 4.39 Å². The molecule has 0 fully saturated rings. The lowest BCUT2D eigenvalue weighted by Crippen LogP contribution is -1.97. The molecule has 0 radical (unpaired) electrons. The summed E-state index contributed by atoms with van der Waals surface area (Å²) >= 11 is 5.75. The van der Waals surface area contributed by atoms with Gasteiger partial charge >= 0.3 is 0 Å². The molecule has 2 aromatic carbocycles. The minimum atomic E-state index is -0.400. The van der Waals surface area contributed by atoms with Gasteiger partial charge in [0.2, 0.25) is 0 Å². The highest BCUT2D eigenvalue weighted by molar-refractivity contribution is 6.30. The van der Waals surface area contributed by atoms with E-state index >= 15 is 0 Å². The van der Waals surface area contributed by atoms with Crippen molar-refractivity contribution in [2.75, 3.05) is 16.8 Å².